The van der Waals surface area contributed by atoms with Crippen LogP contribution in [0.1, 0.15) is 21.7 Å². The molecule has 1 aromatic carbocycles. The Balaban J connectivity index is 2.03. The van der Waals surface area contributed by atoms with Gasteiger partial charge in [0.25, 0.3) is 0 Å². The fourth-order valence-corrected chi connectivity index (χ4v) is 3.45. The monoisotopic (exact) mass is 346 g/mol. The molecule has 0 aliphatic heterocycles. The zero-order valence-corrected chi connectivity index (χ0v) is 15.2. The van der Waals surface area contributed by atoms with Crippen molar-refractivity contribution in [2.24, 2.45) is 5.73 Å². The third-order valence-electron chi connectivity index (χ3n) is 4.01. The summed E-state index contributed by atoms with van der Waals surface area (Å²) in [4.78, 5) is 17.1. The first-order chi connectivity index (χ1) is 11.6. The molecule has 0 saturated heterocycles. The van der Waals surface area contributed by atoms with Gasteiger partial charge in [0.1, 0.15) is 0 Å². The summed E-state index contributed by atoms with van der Waals surface area (Å²) in [5, 5.41) is 0. The van der Waals surface area contributed by atoms with E-state index >= 15 is 0 Å². The van der Waals surface area contributed by atoms with Crippen LogP contribution in [0.5, 0.6) is 0 Å². The summed E-state index contributed by atoms with van der Waals surface area (Å²) < 4.78 is 5.27. The maximum atomic E-state index is 12.7. The standard InChI is InChI=1S/C19H26N2O2S/c1-15-8-9-18(24-15)14-21(19(22)12-17(13-20)23-2)11-10-16-6-4-3-5-7-16/h3-9,17H,10-14,20H2,1-2H3. The second kappa shape index (κ2) is 9.57. The molecular weight excluding hydrogens is 320 g/mol. The number of nitrogens with zero attached hydrogens (tertiary/aromatic N) is 1. The molecule has 130 valence electrons. The smallest absolute Gasteiger partial charge is 0.225 e. The van der Waals surface area contributed by atoms with Crippen LogP contribution in [-0.4, -0.2) is 37.1 Å². The summed E-state index contributed by atoms with van der Waals surface area (Å²) in [7, 11) is 1.60. The fraction of sp³-hybridized carbons (Fsp3) is 0.421. The predicted octanol–water partition coefficient (Wildman–Crippen LogP) is 2.99. The highest BCUT2D eigenvalue weighted by Gasteiger charge is 2.19. The number of hydrogen-bond donors (Lipinski definition) is 1. The number of carbonyl (C=O) groups is 1. The van der Waals surface area contributed by atoms with Crippen molar-refractivity contribution in [2.45, 2.75) is 32.4 Å². The average Bonchev–Trinajstić information content (AvgIpc) is 3.02. The number of benzene rings is 1. The van der Waals surface area contributed by atoms with Gasteiger partial charge >= 0.3 is 0 Å². The van der Waals surface area contributed by atoms with E-state index in [-0.39, 0.29) is 12.0 Å². The number of carbonyl (C=O) groups excluding carboxylic acids is 1. The van der Waals surface area contributed by atoms with Crippen LogP contribution in [0, 0.1) is 6.92 Å². The van der Waals surface area contributed by atoms with E-state index in [1.807, 2.05) is 23.1 Å². The lowest BCUT2D eigenvalue weighted by Crippen LogP contribution is -2.36. The summed E-state index contributed by atoms with van der Waals surface area (Å²) in [6.07, 6.45) is 0.949. The van der Waals surface area contributed by atoms with E-state index in [9.17, 15) is 4.79 Å². The van der Waals surface area contributed by atoms with Crippen molar-refractivity contribution in [3.8, 4) is 0 Å². The Labute approximate surface area is 148 Å². The predicted molar refractivity (Wildman–Crippen MR) is 99.1 cm³/mol. The largest absolute Gasteiger partial charge is 0.380 e. The van der Waals surface area contributed by atoms with E-state index in [0.717, 1.165) is 6.42 Å². The van der Waals surface area contributed by atoms with Gasteiger partial charge in [-0.2, -0.15) is 0 Å². The molecule has 4 nitrogen and oxygen atoms in total. The number of rotatable bonds is 9. The van der Waals surface area contributed by atoms with Gasteiger partial charge in [0.05, 0.1) is 19.1 Å². The molecule has 24 heavy (non-hydrogen) atoms. The first-order valence-corrected chi connectivity index (χ1v) is 9.04. The van der Waals surface area contributed by atoms with Crippen molar-refractivity contribution in [2.75, 3.05) is 20.2 Å². The van der Waals surface area contributed by atoms with Crippen LogP contribution in [0.2, 0.25) is 0 Å². The SMILES string of the molecule is COC(CN)CC(=O)N(CCc1ccccc1)Cc1ccc(C)s1. The fourth-order valence-electron chi connectivity index (χ4n) is 2.55. The van der Waals surface area contributed by atoms with Gasteiger partial charge in [0.15, 0.2) is 0 Å². The molecule has 1 aromatic heterocycles. The van der Waals surface area contributed by atoms with Gasteiger partial charge in [0, 0.05) is 30.0 Å². The summed E-state index contributed by atoms with van der Waals surface area (Å²) >= 11 is 1.74. The van der Waals surface area contributed by atoms with Gasteiger partial charge in [-0.05, 0) is 31.0 Å². The molecule has 0 bridgehead atoms. The molecule has 2 rings (SSSR count). The first-order valence-electron chi connectivity index (χ1n) is 8.22. The van der Waals surface area contributed by atoms with Crippen LogP contribution < -0.4 is 5.73 Å². The minimum atomic E-state index is -0.221. The minimum Gasteiger partial charge on any atom is -0.380 e. The Morgan fingerprint density at radius 1 is 1.25 bits per heavy atom. The van der Waals surface area contributed by atoms with Gasteiger partial charge < -0.3 is 15.4 Å². The van der Waals surface area contributed by atoms with Gasteiger partial charge in [0.2, 0.25) is 5.91 Å². The molecule has 2 N–H and O–H groups in total. The van der Waals surface area contributed by atoms with Crippen LogP contribution in [0.3, 0.4) is 0 Å². The molecule has 0 radical (unpaired) electrons. The molecule has 5 heteroatoms. The normalized spacial score (nSPS) is 12.1. The summed E-state index contributed by atoms with van der Waals surface area (Å²) in [5.74, 6) is 0.0919. The molecule has 1 heterocycles. The Bertz CT molecular complexity index is 623. The number of thiophene rings is 1. The van der Waals surface area contributed by atoms with Crippen molar-refractivity contribution in [1.82, 2.24) is 4.90 Å². The maximum absolute atomic E-state index is 12.7. The molecule has 1 unspecified atom stereocenters. The second-order valence-corrected chi connectivity index (χ2v) is 7.23. The van der Waals surface area contributed by atoms with Crippen LogP contribution in [-0.2, 0) is 22.5 Å². The topological polar surface area (TPSA) is 55.6 Å². The third kappa shape index (κ3) is 5.74. The number of methoxy groups -OCH3 is 1. The van der Waals surface area contributed by atoms with E-state index in [1.165, 1.54) is 15.3 Å². The molecule has 0 aliphatic rings. The Morgan fingerprint density at radius 3 is 2.58 bits per heavy atom. The lowest BCUT2D eigenvalue weighted by Gasteiger charge is -2.24. The Hall–Kier alpha value is -1.69. The molecule has 0 fully saturated rings. The number of hydrogen-bond acceptors (Lipinski definition) is 4. The highest BCUT2D eigenvalue weighted by molar-refractivity contribution is 7.11. The van der Waals surface area contributed by atoms with Crippen molar-refractivity contribution >= 4 is 17.2 Å². The van der Waals surface area contributed by atoms with E-state index < -0.39 is 0 Å². The lowest BCUT2D eigenvalue weighted by molar-refractivity contribution is -0.134. The minimum absolute atomic E-state index is 0.0919. The summed E-state index contributed by atoms with van der Waals surface area (Å²) in [5.41, 5.74) is 6.89. The summed E-state index contributed by atoms with van der Waals surface area (Å²) in [6, 6.07) is 14.4. The Kier molecular flexibility index (Phi) is 7.43. The number of nitrogens with two attached hydrogens (primary N) is 1. The van der Waals surface area contributed by atoms with Crippen molar-refractivity contribution < 1.29 is 9.53 Å². The van der Waals surface area contributed by atoms with E-state index in [1.54, 1.807) is 18.4 Å². The van der Waals surface area contributed by atoms with Crippen molar-refractivity contribution in [3.05, 3.63) is 57.8 Å². The van der Waals surface area contributed by atoms with Crippen LogP contribution >= 0.6 is 11.3 Å². The van der Waals surface area contributed by atoms with Crippen molar-refractivity contribution in [1.29, 1.82) is 0 Å². The average molecular weight is 346 g/mol. The van der Waals surface area contributed by atoms with Gasteiger partial charge in [-0.1, -0.05) is 30.3 Å². The molecule has 1 atom stereocenters. The van der Waals surface area contributed by atoms with Crippen LogP contribution in [0.4, 0.5) is 0 Å². The van der Waals surface area contributed by atoms with Gasteiger partial charge in [-0.15, -0.1) is 11.3 Å². The Morgan fingerprint density at radius 2 is 2.00 bits per heavy atom. The molecule has 1 amide bonds. The quantitative estimate of drug-likeness (QED) is 0.759. The van der Waals surface area contributed by atoms with E-state index in [0.29, 0.717) is 26.1 Å². The third-order valence-corrected chi connectivity index (χ3v) is 4.99. The highest BCUT2D eigenvalue weighted by Crippen LogP contribution is 2.18. The molecule has 0 aliphatic carbocycles. The zero-order chi connectivity index (χ0) is 17.4. The highest BCUT2D eigenvalue weighted by atomic mass is 32.1. The lowest BCUT2D eigenvalue weighted by atomic mass is 10.1. The number of amides is 1. The van der Waals surface area contributed by atoms with Gasteiger partial charge in [-0.25, -0.2) is 0 Å². The summed E-state index contributed by atoms with van der Waals surface area (Å²) in [6.45, 7) is 3.78. The second-order valence-electron chi connectivity index (χ2n) is 5.86. The number of aryl methyl sites for hydroxylation is 1. The van der Waals surface area contributed by atoms with Crippen LogP contribution in [0.15, 0.2) is 42.5 Å². The maximum Gasteiger partial charge on any atom is 0.225 e. The van der Waals surface area contributed by atoms with E-state index in [4.69, 9.17) is 10.5 Å². The van der Waals surface area contributed by atoms with Gasteiger partial charge in [-0.3, -0.25) is 4.79 Å². The molecule has 2 aromatic rings. The molecule has 0 saturated carbocycles. The molecule has 0 spiro atoms. The first kappa shape index (κ1) is 18.6. The number of ether oxygens (including phenoxy) is 1. The zero-order valence-electron chi connectivity index (χ0n) is 14.4. The van der Waals surface area contributed by atoms with E-state index in [2.05, 4.69) is 31.2 Å². The molecular formula is C19H26N2O2S. The van der Waals surface area contributed by atoms with Crippen LogP contribution in [0.25, 0.3) is 0 Å². The van der Waals surface area contributed by atoms with Crippen molar-refractivity contribution in [3.63, 3.8) is 0 Å².